The summed E-state index contributed by atoms with van der Waals surface area (Å²) in [6.45, 7) is 1.53. The van der Waals surface area contributed by atoms with Crippen LogP contribution in [0.5, 0.6) is 0 Å². The number of benzene rings is 1. The summed E-state index contributed by atoms with van der Waals surface area (Å²) >= 11 is 0. The molecule has 1 heterocycles. The number of nitro groups is 1. The van der Waals surface area contributed by atoms with Crippen molar-refractivity contribution in [1.82, 2.24) is 5.32 Å². The number of anilines is 1. The predicted octanol–water partition coefficient (Wildman–Crippen LogP) is 1.53. The largest absolute Gasteiger partial charge is 0.370 e. The average molecular weight is 239 g/mol. The molecule has 17 heavy (non-hydrogen) atoms. The predicted molar refractivity (Wildman–Crippen MR) is 62.7 cm³/mol. The summed E-state index contributed by atoms with van der Waals surface area (Å²) in [4.78, 5) is 12.0. The van der Waals surface area contributed by atoms with E-state index in [1.165, 1.54) is 12.1 Å². The molecule has 5 nitrogen and oxygen atoms in total. The Morgan fingerprint density at radius 1 is 1.53 bits per heavy atom. The lowest BCUT2D eigenvalue weighted by Gasteiger charge is -2.18. The Morgan fingerprint density at radius 2 is 2.29 bits per heavy atom. The molecule has 0 aromatic heterocycles. The van der Waals surface area contributed by atoms with Crippen LogP contribution in [0, 0.1) is 15.9 Å². The molecule has 1 atom stereocenters. The minimum atomic E-state index is -0.571. The maximum absolute atomic E-state index is 13.3. The van der Waals surface area contributed by atoms with Crippen LogP contribution in [0.3, 0.4) is 0 Å². The van der Waals surface area contributed by atoms with E-state index in [0.29, 0.717) is 11.7 Å². The van der Waals surface area contributed by atoms with E-state index in [0.717, 1.165) is 25.6 Å². The normalized spacial score (nSPS) is 19.6. The smallest absolute Gasteiger partial charge is 0.274 e. The molecule has 6 heteroatoms. The van der Waals surface area contributed by atoms with Gasteiger partial charge >= 0.3 is 0 Å². The van der Waals surface area contributed by atoms with Crippen LogP contribution in [0.4, 0.5) is 15.8 Å². The molecule has 1 aromatic rings. The van der Waals surface area contributed by atoms with Gasteiger partial charge in [0.15, 0.2) is 0 Å². The Morgan fingerprint density at radius 3 is 2.88 bits per heavy atom. The molecular formula is C11H14FN3O2. The van der Waals surface area contributed by atoms with E-state index in [4.69, 9.17) is 0 Å². The Labute approximate surface area is 98.4 Å². The van der Waals surface area contributed by atoms with E-state index in [9.17, 15) is 14.5 Å². The number of nitrogens with zero attached hydrogens (tertiary/aromatic N) is 2. The molecule has 0 bridgehead atoms. The molecule has 2 rings (SSSR count). The van der Waals surface area contributed by atoms with Crippen LogP contribution < -0.4 is 10.2 Å². The molecule has 0 amide bonds. The van der Waals surface area contributed by atoms with Crippen molar-refractivity contribution < 1.29 is 9.31 Å². The van der Waals surface area contributed by atoms with Gasteiger partial charge in [0.05, 0.1) is 11.0 Å². The minimum absolute atomic E-state index is 0.201. The summed E-state index contributed by atoms with van der Waals surface area (Å²) in [5.41, 5.74) is 0.377. The summed E-state index contributed by atoms with van der Waals surface area (Å²) in [7, 11) is 1.88. The van der Waals surface area contributed by atoms with Crippen molar-refractivity contribution in [1.29, 1.82) is 0 Å². The van der Waals surface area contributed by atoms with E-state index in [-0.39, 0.29) is 5.69 Å². The quantitative estimate of drug-likeness (QED) is 0.642. The van der Waals surface area contributed by atoms with Gasteiger partial charge in [-0.25, -0.2) is 4.39 Å². The first-order valence-corrected chi connectivity index (χ1v) is 5.47. The van der Waals surface area contributed by atoms with E-state index in [1.807, 2.05) is 11.9 Å². The van der Waals surface area contributed by atoms with Gasteiger partial charge in [-0.1, -0.05) is 0 Å². The van der Waals surface area contributed by atoms with E-state index >= 15 is 0 Å². The number of non-ortho nitro benzene ring substituents is 1. The molecule has 0 saturated carbocycles. The first-order valence-electron chi connectivity index (χ1n) is 5.47. The van der Waals surface area contributed by atoms with Crippen molar-refractivity contribution in [3.63, 3.8) is 0 Å². The molecule has 1 aliphatic rings. The number of rotatable bonds is 3. The monoisotopic (exact) mass is 239 g/mol. The molecular weight excluding hydrogens is 225 g/mol. The lowest BCUT2D eigenvalue weighted by Crippen LogP contribution is -2.29. The standard InChI is InChI=1S/C11H14FN3O2/c1-13-9-2-3-14(7-9)10-4-8(12)5-11(6-10)15(16)17/h4-6,9,13H,2-3,7H2,1H3. The number of nitro benzene ring substituents is 1. The molecule has 1 unspecified atom stereocenters. The number of hydrogen-bond acceptors (Lipinski definition) is 4. The summed E-state index contributed by atoms with van der Waals surface area (Å²) in [5, 5.41) is 13.8. The zero-order valence-corrected chi connectivity index (χ0v) is 9.52. The first kappa shape index (κ1) is 11.8. The second kappa shape index (κ2) is 4.67. The second-order valence-corrected chi connectivity index (χ2v) is 4.15. The fourth-order valence-corrected chi connectivity index (χ4v) is 2.08. The van der Waals surface area contributed by atoms with Gasteiger partial charge in [0.1, 0.15) is 5.82 Å². The average Bonchev–Trinajstić information content (AvgIpc) is 2.76. The van der Waals surface area contributed by atoms with E-state index < -0.39 is 10.7 Å². The second-order valence-electron chi connectivity index (χ2n) is 4.15. The number of nitrogens with one attached hydrogen (secondary N) is 1. The van der Waals surface area contributed by atoms with Gasteiger partial charge < -0.3 is 10.2 Å². The summed E-state index contributed by atoms with van der Waals surface area (Å²) < 4.78 is 13.3. The van der Waals surface area contributed by atoms with E-state index in [2.05, 4.69) is 5.32 Å². The number of halogens is 1. The highest BCUT2D eigenvalue weighted by Gasteiger charge is 2.23. The van der Waals surface area contributed by atoms with Crippen molar-refractivity contribution in [3.05, 3.63) is 34.1 Å². The number of hydrogen-bond donors (Lipinski definition) is 1. The van der Waals surface area contributed by atoms with Gasteiger partial charge in [-0.2, -0.15) is 0 Å². The molecule has 1 fully saturated rings. The molecule has 92 valence electrons. The molecule has 1 saturated heterocycles. The van der Waals surface area contributed by atoms with Crippen LogP contribution in [0.15, 0.2) is 18.2 Å². The van der Waals surface area contributed by atoms with Gasteiger partial charge in [-0.05, 0) is 19.5 Å². The van der Waals surface area contributed by atoms with Crippen molar-refractivity contribution >= 4 is 11.4 Å². The Hall–Kier alpha value is -1.69. The molecule has 0 aliphatic carbocycles. The highest BCUT2D eigenvalue weighted by molar-refractivity contribution is 5.54. The Kier molecular flexibility index (Phi) is 3.23. The highest BCUT2D eigenvalue weighted by atomic mass is 19.1. The van der Waals surface area contributed by atoms with Gasteiger partial charge in [-0.15, -0.1) is 0 Å². The van der Waals surface area contributed by atoms with E-state index in [1.54, 1.807) is 0 Å². The van der Waals surface area contributed by atoms with Crippen LogP contribution >= 0.6 is 0 Å². The maximum Gasteiger partial charge on any atom is 0.274 e. The molecule has 0 spiro atoms. The third kappa shape index (κ3) is 2.52. The third-order valence-electron chi connectivity index (χ3n) is 3.04. The Balaban J connectivity index is 2.24. The van der Waals surface area contributed by atoms with Crippen molar-refractivity contribution in [3.8, 4) is 0 Å². The lowest BCUT2D eigenvalue weighted by molar-refractivity contribution is -0.385. The zero-order valence-electron chi connectivity index (χ0n) is 9.52. The van der Waals surface area contributed by atoms with Crippen LogP contribution in [-0.4, -0.2) is 31.1 Å². The van der Waals surface area contributed by atoms with Crippen molar-refractivity contribution in [2.45, 2.75) is 12.5 Å². The molecule has 0 radical (unpaired) electrons. The lowest BCUT2D eigenvalue weighted by atomic mass is 10.2. The van der Waals surface area contributed by atoms with Crippen LogP contribution in [0.2, 0.25) is 0 Å². The Bertz CT molecular complexity index is 439. The summed E-state index contributed by atoms with van der Waals surface area (Å²) in [6.07, 6.45) is 0.959. The third-order valence-corrected chi connectivity index (χ3v) is 3.04. The molecule has 1 aromatic carbocycles. The van der Waals surface area contributed by atoms with Crippen molar-refractivity contribution in [2.24, 2.45) is 0 Å². The van der Waals surface area contributed by atoms with Gasteiger partial charge in [-0.3, -0.25) is 10.1 Å². The summed E-state index contributed by atoms with van der Waals surface area (Å²) in [6, 6.07) is 4.05. The van der Waals surface area contributed by atoms with Gasteiger partial charge in [0, 0.05) is 30.9 Å². The first-order chi connectivity index (χ1) is 8.10. The van der Waals surface area contributed by atoms with Crippen molar-refractivity contribution in [2.75, 3.05) is 25.0 Å². The topological polar surface area (TPSA) is 58.4 Å². The van der Waals surface area contributed by atoms with Gasteiger partial charge in [0.25, 0.3) is 5.69 Å². The maximum atomic E-state index is 13.3. The van der Waals surface area contributed by atoms with Crippen LogP contribution in [0.25, 0.3) is 0 Å². The fraction of sp³-hybridized carbons (Fsp3) is 0.455. The summed E-state index contributed by atoms with van der Waals surface area (Å²) in [5.74, 6) is -0.567. The van der Waals surface area contributed by atoms with Gasteiger partial charge in [0.2, 0.25) is 0 Å². The zero-order chi connectivity index (χ0) is 12.4. The fourth-order valence-electron chi connectivity index (χ4n) is 2.08. The minimum Gasteiger partial charge on any atom is -0.370 e. The van der Waals surface area contributed by atoms with Crippen LogP contribution in [-0.2, 0) is 0 Å². The highest BCUT2D eigenvalue weighted by Crippen LogP contribution is 2.26. The number of likely N-dealkylation sites (N-methyl/N-ethyl adjacent to an activating group) is 1. The SMILES string of the molecule is CNC1CCN(c2cc(F)cc([N+](=O)[O-])c2)C1. The molecule has 1 aliphatic heterocycles. The molecule has 1 N–H and O–H groups in total. The van der Waals surface area contributed by atoms with Crippen LogP contribution in [0.1, 0.15) is 6.42 Å².